The zero-order chi connectivity index (χ0) is 23.4. The second-order valence-electron chi connectivity index (χ2n) is 9.65. The Hall–Kier alpha value is -1.79. The smallest absolute Gasteiger partial charge is 0.253 e. The van der Waals surface area contributed by atoms with Crippen LogP contribution in [0.15, 0.2) is 18.2 Å². The number of benzene rings is 1. The Bertz CT molecular complexity index is 882. The van der Waals surface area contributed by atoms with E-state index in [-0.39, 0.29) is 34.7 Å². The summed E-state index contributed by atoms with van der Waals surface area (Å²) >= 11 is 12.2. The summed E-state index contributed by atoms with van der Waals surface area (Å²) in [6, 6.07) is 3.82. The van der Waals surface area contributed by atoms with Crippen LogP contribution in [0.2, 0.25) is 10.0 Å². The molecule has 1 aromatic carbocycles. The first kappa shape index (κ1) is 24.3. The highest BCUT2D eigenvalue weighted by Crippen LogP contribution is 2.30. The molecule has 2 aliphatic carbocycles. The predicted molar refractivity (Wildman–Crippen MR) is 129 cm³/mol. The first-order chi connectivity index (χ1) is 15.9. The van der Waals surface area contributed by atoms with E-state index in [2.05, 4.69) is 10.6 Å². The molecule has 6 nitrogen and oxygen atoms in total. The molecule has 1 saturated heterocycles. The molecule has 180 valence electrons. The van der Waals surface area contributed by atoms with E-state index in [1.54, 1.807) is 17.0 Å². The second kappa shape index (κ2) is 11.1. The van der Waals surface area contributed by atoms with Gasteiger partial charge in [-0.2, -0.15) is 0 Å². The Morgan fingerprint density at radius 1 is 0.909 bits per heavy atom. The van der Waals surface area contributed by atoms with E-state index in [0.29, 0.717) is 23.6 Å². The number of carbonyl (C=O) groups excluding carboxylic acids is 3. The van der Waals surface area contributed by atoms with Gasteiger partial charge >= 0.3 is 0 Å². The van der Waals surface area contributed by atoms with Gasteiger partial charge in [-0.25, -0.2) is 0 Å². The summed E-state index contributed by atoms with van der Waals surface area (Å²) in [6.07, 6.45) is 10.8. The third-order valence-corrected chi connectivity index (χ3v) is 7.94. The first-order valence-corrected chi connectivity index (χ1v) is 13.1. The van der Waals surface area contributed by atoms with Gasteiger partial charge < -0.3 is 15.5 Å². The summed E-state index contributed by atoms with van der Waals surface area (Å²) in [7, 11) is 0. The lowest BCUT2D eigenvalue weighted by Gasteiger charge is -2.35. The standard InChI is InChI=1S/C25H33Cl2N3O3/c26-17-12-13-19(20(27)15-17)23(31)29-22(16-7-2-1-3-8-16)25(33)30-14-6-11-21(30)24(32)28-18-9-4-5-10-18/h12-13,15-16,18,21-22H,1-11,14H2,(H,28,32)(H,29,31)/t21-,22-/m0/s1. The number of nitrogens with zero attached hydrogens (tertiary/aromatic N) is 1. The van der Waals surface area contributed by atoms with E-state index in [9.17, 15) is 14.4 Å². The van der Waals surface area contributed by atoms with E-state index in [1.165, 1.54) is 6.07 Å². The van der Waals surface area contributed by atoms with E-state index in [4.69, 9.17) is 23.2 Å². The highest BCUT2D eigenvalue weighted by atomic mass is 35.5. The average molecular weight is 494 g/mol. The van der Waals surface area contributed by atoms with Gasteiger partial charge in [0.25, 0.3) is 5.91 Å². The van der Waals surface area contributed by atoms with Gasteiger partial charge in [-0.3, -0.25) is 14.4 Å². The molecular weight excluding hydrogens is 461 g/mol. The summed E-state index contributed by atoms with van der Waals surface area (Å²) in [5.74, 6) is -0.529. The predicted octanol–water partition coefficient (Wildman–Crippen LogP) is 4.72. The number of likely N-dealkylation sites (tertiary alicyclic amines) is 1. The van der Waals surface area contributed by atoms with Crippen LogP contribution >= 0.6 is 23.2 Å². The molecule has 3 fully saturated rings. The van der Waals surface area contributed by atoms with Gasteiger partial charge in [0.05, 0.1) is 10.6 Å². The normalized spacial score (nSPS) is 22.8. The molecule has 0 spiro atoms. The molecule has 0 aromatic heterocycles. The molecule has 33 heavy (non-hydrogen) atoms. The lowest BCUT2D eigenvalue weighted by atomic mass is 9.83. The molecule has 1 aliphatic heterocycles. The minimum Gasteiger partial charge on any atom is -0.352 e. The summed E-state index contributed by atoms with van der Waals surface area (Å²) in [5, 5.41) is 6.84. The Morgan fingerprint density at radius 2 is 1.61 bits per heavy atom. The fourth-order valence-electron chi connectivity index (χ4n) is 5.59. The molecule has 1 heterocycles. The molecule has 3 aliphatic rings. The molecule has 0 bridgehead atoms. The van der Waals surface area contributed by atoms with Crippen molar-refractivity contribution in [3.05, 3.63) is 33.8 Å². The molecule has 2 saturated carbocycles. The molecule has 4 rings (SSSR count). The van der Waals surface area contributed by atoms with Crippen molar-refractivity contribution in [1.29, 1.82) is 0 Å². The van der Waals surface area contributed by atoms with Crippen molar-refractivity contribution in [3.8, 4) is 0 Å². The van der Waals surface area contributed by atoms with Crippen LogP contribution in [0.25, 0.3) is 0 Å². The summed E-state index contributed by atoms with van der Waals surface area (Å²) in [4.78, 5) is 41.6. The van der Waals surface area contributed by atoms with Crippen molar-refractivity contribution < 1.29 is 14.4 Å². The van der Waals surface area contributed by atoms with Crippen LogP contribution < -0.4 is 10.6 Å². The van der Waals surface area contributed by atoms with Gasteiger partial charge in [-0.05, 0) is 62.6 Å². The fraction of sp³-hybridized carbons (Fsp3) is 0.640. The minimum atomic E-state index is -0.663. The number of nitrogens with one attached hydrogen (secondary N) is 2. The number of halogens is 2. The van der Waals surface area contributed by atoms with E-state index in [0.717, 1.165) is 64.2 Å². The molecular formula is C25H33Cl2N3O3. The Balaban J connectivity index is 1.51. The third kappa shape index (κ3) is 5.83. The summed E-state index contributed by atoms with van der Waals surface area (Å²) in [5.41, 5.74) is 0.298. The lowest BCUT2D eigenvalue weighted by molar-refractivity contribution is -0.141. The molecule has 2 N–H and O–H groups in total. The molecule has 1 aromatic rings. The van der Waals surface area contributed by atoms with Crippen molar-refractivity contribution in [1.82, 2.24) is 15.5 Å². The van der Waals surface area contributed by atoms with Gasteiger partial charge in [0.15, 0.2) is 0 Å². The SMILES string of the molecule is O=C(N[C@H](C(=O)N1CCC[C@H]1C(=O)NC1CCCC1)C1CCCCC1)c1ccc(Cl)cc1Cl. The summed E-state index contributed by atoms with van der Waals surface area (Å²) in [6.45, 7) is 0.544. The van der Waals surface area contributed by atoms with E-state index in [1.807, 2.05) is 0 Å². The summed E-state index contributed by atoms with van der Waals surface area (Å²) < 4.78 is 0. The van der Waals surface area contributed by atoms with Crippen molar-refractivity contribution in [3.63, 3.8) is 0 Å². The van der Waals surface area contributed by atoms with Crippen LogP contribution in [-0.2, 0) is 9.59 Å². The van der Waals surface area contributed by atoms with Crippen LogP contribution in [-0.4, -0.2) is 47.3 Å². The molecule has 0 radical (unpaired) electrons. The highest BCUT2D eigenvalue weighted by Gasteiger charge is 2.41. The largest absolute Gasteiger partial charge is 0.352 e. The van der Waals surface area contributed by atoms with Crippen LogP contribution in [0.3, 0.4) is 0 Å². The van der Waals surface area contributed by atoms with Crippen molar-refractivity contribution in [2.24, 2.45) is 5.92 Å². The second-order valence-corrected chi connectivity index (χ2v) is 10.5. The maximum absolute atomic E-state index is 13.8. The number of amides is 3. The van der Waals surface area contributed by atoms with Crippen LogP contribution in [0.4, 0.5) is 0 Å². The van der Waals surface area contributed by atoms with Crippen molar-refractivity contribution >= 4 is 40.9 Å². The van der Waals surface area contributed by atoms with Crippen LogP contribution in [0.1, 0.15) is 81.0 Å². The Morgan fingerprint density at radius 3 is 2.30 bits per heavy atom. The average Bonchev–Trinajstić information content (AvgIpc) is 3.49. The highest BCUT2D eigenvalue weighted by molar-refractivity contribution is 6.36. The zero-order valence-electron chi connectivity index (χ0n) is 19.0. The van der Waals surface area contributed by atoms with E-state index < -0.39 is 12.1 Å². The molecule has 2 atom stereocenters. The maximum Gasteiger partial charge on any atom is 0.253 e. The van der Waals surface area contributed by atoms with Gasteiger partial charge in [-0.1, -0.05) is 55.3 Å². The number of hydrogen-bond acceptors (Lipinski definition) is 3. The van der Waals surface area contributed by atoms with Gasteiger partial charge in [0.1, 0.15) is 12.1 Å². The molecule has 3 amide bonds. The van der Waals surface area contributed by atoms with Crippen molar-refractivity contribution in [2.45, 2.75) is 88.8 Å². The number of rotatable bonds is 6. The van der Waals surface area contributed by atoms with Gasteiger partial charge in [0.2, 0.25) is 11.8 Å². The Labute approximate surface area is 205 Å². The fourth-order valence-corrected chi connectivity index (χ4v) is 6.08. The Kier molecular flexibility index (Phi) is 8.18. The lowest BCUT2D eigenvalue weighted by Crippen LogP contribution is -2.56. The molecule has 8 heteroatoms. The minimum absolute atomic E-state index is 0.0535. The first-order valence-electron chi connectivity index (χ1n) is 12.3. The van der Waals surface area contributed by atoms with Crippen LogP contribution in [0.5, 0.6) is 0 Å². The van der Waals surface area contributed by atoms with Gasteiger partial charge in [-0.15, -0.1) is 0 Å². The monoisotopic (exact) mass is 493 g/mol. The molecule has 0 unspecified atom stereocenters. The van der Waals surface area contributed by atoms with Crippen LogP contribution in [0, 0.1) is 5.92 Å². The topological polar surface area (TPSA) is 78.5 Å². The number of hydrogen-bond donors (Lipinski definition) is 2. The quantitative estimate of drug-likeness (QED) is 0.601. The maximum atomic E-state index is 13.8. The van der Waals surface area contributed by atoms with Gasteiger partial charge in [0, 0.05) is 17.6 Å². The number of carbonyl (C=O) groups is 3. The third-order valence-electron chi connectivity index (χ3n) is 7.39. The zero-order valence-corrected chi connectivity index (χ0v) is 20.5. The van der Waals surface area contributed by atoms with Crippen molar-refractivity contribution in [2.75, 3.05) is 6.54 Å². The van der Waals surface area contributed by atoms with E-state index >= 15 is 0 Å².